The van der Waals surface area contributed by atoms with E-state index < -0.39 is 0 Å². The Morgan fingerprint density at radius 1 is 0.794 bits per heavy atom. The molecule has 4 rings (SSSR count). The summed E-state index contributed by atoms with van der Waals surface area (Å²) in [5, 5.41) is 2.97. The number of rotatable bonds is 6. The second-order valence-corrected chi connectivity index (χ2v) is 8.79. The number of hydrogen-bond donors (Lipinski definition) is 1. The average molecular weight is 458 g/mol. The molecule has 0 atom stereocenters. The van der Waals surface area contributed by atoms with Crippen LogP contribution in [0.3, 0.4) is 0 Å². The molecule has 0 unspecified atom stereocenters. The molecule has 0 spiro atoms. The fourth-order valence-corrected chi connectivity index (χ4v) is 4.06. The van der Waals surface area contributed by atoms with Crippen molar-refractivity contribution in [2.45, 2.75) is 19.8 Å². The van der Waals surface area contributed by atoms with Gasteiger partial charge in [-0.2, -0.15) is 0 Å². The zero-order valence-corrected chi connectivity index (χ0v) is 20.0. The van der Waals surface area contributed by atoms with Crippen LogP contribution in [0.5, 0.6) is 5.75 Å². The Balaban J connectivity index is 1.31. The summed E-state index contributed by atoms with van der Waals surface area (Å²) in [7, 11) is 1.61. The highest BCUT2D eigenvalue weighted by Gasteiger charge is 2.22. The summed E-state index contributed by atoms with van der Waals surface area (Å²) < 4.78 is 5.17. The summed E-state index contributed by atoms with van der Waals surface area (Å²) in [6.07, 6.45) is 0. The molecule has 1 aliphatic heterocycles. The van der Waals surface area contributed by atoms with Gasteiger partial charge in [-0.15, -0.1) is 0 Å². The number of nitrogens with zero attached hydrogens (tertiary/aromatic N) is 2. The van der Waals surface area contributed by atoms with Gasteiger partial charge in [0.1, 0.15) is 5.75 Å². The number of piperazine rings is 1. The van der Waals surface area contributed by atoms with Crippen molar-refractivity contribution in [3.63, 3.8) is 0 Å². The van der Waals surface area contributed by atoms with Gasteiger partial charge in [-0.25, -0.2) is 0 Å². The lowest BCUT2D eigenvalue weighted by Gasteiger charge is -2.36. The van der Waals surface area contributed by atoms with Crippen molar-refractivity contribution in [1.82, 2.24) is 4.90 Å². The number of carbonyl (C=O) groups is 2. The Morgan fingerprint density at radius 2 is 1.38 bits per heavy atom. The van der Waals surface area contributed by atoms with Gasteiger partial charge >= 0.3 is 0 Å². The topological polar surface area (TPSA) is 61.9 Å². The number of anilines is 2. The first-order chi connectivity index (χ1) is 16.4. The van der Waals surface area contributed by atoms with Crippen molar-refractivity contribution in [2.24, 2.45) is 0 Å². The van der Waals surface area contributed by atoms with Crippen molar-refractivity contribution in [2.75, 3.05) is 43.5 Å². The summed E-state index contributed by atoms with van der Waals surface area (Å²) in [5.74, 6) is 1.10. The van der Waals surface area contributed by atoms with E-state index in [4.69, 9.17) is 4.74 Å². The first-order valence-corrected chi connectivity index (χ1v) is 11.6. The second kappa shape index (κ2) is 10.4. The Kier molecular flexibility index (Phi) is 7.16. The lowest BCUT2D eigenvalue weighted by atomic mass is 10.0. The van der Waals surface area contributed by atoms with E-state index in [9.17, 15) is 9.59 Å². The maximum Gasteiger partial charge on any atom is 0.255 e. The predicted molar refractivity (Wildman–Crippen MR) is 136 cm³/mol. The van der Waals surface area contributed by atoms with Gasteiger partial charge < -0.3 is 19.9 Å². The molecule has 176 valence electrons. The lowest BCUT2D eigenvalue weighted by Crippen LogP contribution is -2.48. The lowest BCUT2D eigenvalue weighted by molar-refractivity contribution is 0.0746. The number of ether oxygens (including phenoxy) is 1. The zero-order chi connectivity index (χ0) is 24.1. The molecule has 1 fully saturated rings. The molecule has 0 aliphatic carbocycles. The molecule has 0 radical (unpaired) electrons. The van der Waals surface area contributed by atoms with Crippen LogP contribution in [-0.2, 0) is 0 Å². The normalized spacial score (nSPS) is 13.6. The molecule has 1 aliphatic rings. The monoisotopic (exact) mass is 457 g/mol. The maximum absolute atomic E-state index is 12.8. The molecular formula is C28H31N3O3. The summed E-state index contributed by atoms with van der Waals surface area (Å²) in [6, 6.07) is 22.8. The van der Waals surface area contributed by atoms with Gasteiger partial charge in [-0.05, 0) is 72.1 Å². The summed E-state index contributed by atoms with van der Waals surface area (Å²) >= 11 is 0. The van der Waals surface area contributed by atoms with Crippen LogP contribution in [0, 0.1) is 0 Å². The Morgan fingerprint density at radius 3 is 1.94 bits per heavy atom. The fraction of sp³-hybridized carbons (Fsp3) is 0.286. The molecule has 34 heavy (non-hydrogen) atoms. The number of hydrogen-bond acceptors (Lipinski definition) is 4. The first-order valence-electron chi connectivity index (χ1n) is 11.6. The van der Waals surface area contributed by atoms with E-state index in [0.29, 0.717) is 30.1 Å². The summed E-state index contributed by atoms with van der Waals surface area (Å²) in [4.78, 5) is 29.5. The van der Waals surface area contributed by atoms with Gasteiger partial charge in [-0.1, -0.05) is 26.0 Å². The van der Waals surface area contributed by atoms with Crippen LogP contribution in [0.2, 0.25) is 0 Å². The molecule has 3 aromatic carbocycles. The van der Waals surface area contributed by atoms with E-state index in [2.05, 4.69) is 24.1 Å². The van der Waals surface area contributed by atoms with Crippen LogP contribution >= 0.6 is 0 Å². The molecule has 0 bridgehead atoms. The van der Waals surface area contributed by atoms with Crippen LogP contribution in [-0.4, -0.2) is 50.0 Å². The molecule has 2 amide bonds. The maximum atomic E-state index is 12.8. The Hall–Kier alpha value is -3.80. The van der Waals surface area contributed by atoms with Gasteiger partial charge in [0.2, 0.25) is 0 Å². The molecule has 6 nitrogen and oxygen atoms in total. The Labute approximate surface area is 201 Å². The zero-order valence-electron chi connectivity index (χ0n) is 20.0. The smallest absolute Gasteiger partial charge is 0.255 e. The van der Waals surface area contributed by atoms with E-state index in [1.54, 1.807) is 19.2 Å². The number of nitrogens with one attached hydrogen (secondary N) is 1. The number of benzene rings is 3. The third-order valence-corrected chi connectivity index (χ3v) is 6.23. The van der Waals surface area contributed by atoms with Crippen LogP contribution in [0.1, 0.15) is 46.0 Å². The number of methoxy groups -OCH3 is 1. The van der Waals surface area contributed by atoms with Crippen LogP contribution in [0.25, 0.3) is 0 Å². The molecule has 0 aromatic heterocycles. The van der Waals surface area contributed by atoms with Gasteiger partial charge in [0.15, 0.2) is 0 Å². The quantitative estimate of drug-likeness (QED) is 0.564. The van der Waals surface area contributed by atoms with E-state index in [1.165, 1.54) is 5.56 Å². The fourth-order valence-electron chi connectivity index (χ4n) is 4.06. The van der Waals surface area contributed by atoms with Gasteiger partial charge in [0.25, 0.3) is 11.8 Å². The standard InChI is InChI=1S/C28H31N3O3/c1-20(2)21-4-6-22(7-5-21)27(32)29-24-10-12-25(13-11-24)30-16-18-31(19-17-30)28(33)23-8-14-26(34-3)15-9-23/h4-15,20H,16-19H2,1-3H3,(H,29,32). The van der Waals surface area contributed by atoms with Crippen molar-refractivity contribution in [3.05, 3.63) is 89.5 Å². The highest BCUT2D eigenvalue weighted by molar-refractivity contribution is 6.04. The molecule has 3 aromatic rings. The van der Waals surface area contributed by atoms with Crippen molar-refractivity contribution < 1.29 is 14.3 Å². The van der Waals surface area contributed by atoms with E-state index in [0.717, 1.165) is 30.2 Å². The van der Waals surface area contributed by atoms with Crippen molar-refractivity contribution >= 4 is 23.2 Å². The highest BCUT2D eigenvalue weighted by atomic mass is 16.5. The van der Waals surface area contributed by atoms with Crippen LogP contribution in [0.4, 0.5) is 11.4 Å². The third kappa shape index (κ3) is 5.39. The minimum absolute atomic E-state index is 0.0433. The molecule has 1 saturated heterocycles. The van der Waals surface area contributed by atoms with Gasteiger partial charge in [-0.3, -0.25) is 9.59 Å². The molecule has 6 heteroatoms. The number of amides is 2. The highest BCUT2D eigenvalue weighted by Crippen LogP contribution is 2.22. The SMILES string of the molecule is COc1ccc(C(=O)N2CCN(c3ccc(NC(=O)c4ccc(C(C)C)cc4)cc3)CC2)cc1. The van der Waals surface area contributed by atoms with E-state index in [-0.39, 0.29) is 11.8 Å². The molecule has 1 heterocycles. The Bertz CT molecular complexity index is 1120. The number of carbonyl (C=O) groups excluding carboxylic acids is 2. The largest absolute Gasteiger partial charge is 0.497 e. The minimum Gasteiger partial charge on any atom is -0.497 e. The summed E-state index contributed by atoms with van der Waals surface area (Å²) in [6.45, 7) is 7.11. The van der Waals surface area contributed by atoms with Gasteiger partial charge in [0, 0.05) is 48.7 Å². The molecular weight excluding hydrogens is 426 g/mol. The minimum atomic E-state index is -0.117. The summed E-state index contributed by atoms with van der Waals surface area (Å²) in [5.41, 5.74) is 4.37. The molecule has 1 N–H and O–H groups in total. The van der Waals surface area contributed by atoms with E-state index in [1.807, 2.05) is 65.6 Å². The third-order valence-electron chi connectivity index (χ3n) is 6.23. The predicted octanol–water partition coefficient (Wildman–Crippen LogP) is 5.03. The van der Waals surface area contributed by atoms with Crippen molar-refractivity contribution in [3.8, 4) is 5.75 Å². The second-order valence-electron chi connectivity index (χ2n) is 8.79. The average Bonchev–Trinajstić information content (AvgIpc) is 2.89. The van der Waals surface area contributed by atoms with Crippen LogP contribution in [0.15, 0.2) is 72.8 Å². The molecule has 0 saturated carbocycles. The van der Waals surface area contributed by atoms with Crippen LogP contribution < -0.4 is 15.0 Å². The first kappa shape index (κ1) is 23.4. The van der Waals surface area contributed by atoms with E-state index >= 15 is 0 Å². The van der Waals surface area contributed by atoms with Crippen molar-refractivity contribution in [1.29, 1.82) is 0 Å². The van der Waals surface area contributed by atoms with Gasteiger partial charge in [0.05, 0.1) is 7.11 Å².